The van der Waals surface area contributed by atoms with Gasteiger partial charge in [-0.3, -0.25) is 0 Å². The van der Waals surface area contributed by atoms with Crippen LogP contribution >= 0.6 is 0 Å². The van der Waals surface area contributed by atoms with E-state index in [0.717, 1.165) is 0 Å². The normalized spacial score (nSPS) is 13.2. The molecule has 0 aliphatic heterocycles. The van der Waals surface area contributed by atoms with Gasteiger partial charge in [0.1, 0.15) is 17.4 Å². The highest BCUT2D eigenvalue weighted by Crippen LogP contribution is 2.25. The van der Waals surface area contributed by atoms with E-state index in [1.54, 1.807) is 0 Å². The Morgan fingerprint density at radius 1 is 1.53 bits per heavy atom. The maximum Gasteiger partial charge on any atom is 0.339 e. The van der Waals surface area contributed by atoms with Gasteiger partial charge < -0.3 is 20.1 Å². The zero-order valence-corrected chi connectivity index (χ0v) is 10.1. The van der Waals surface area contributed by atoms with Crippen LogP contribution in [-0.2, 0) is 0 Å². The SMILES string of the molecule is COc1ccc(C(O)C(O)CN=[N+]=[N-])cc1C(=O)O. The van der Waals surface area contributed by atoms with Crippen molar-refractivity contribution in [2.45, 2.75) is 12.2 Å². The Balaban J connectivity index is 3.04. The van der Waals surface area contributed by atoms with Crippen LogP contribution in [0.2, 0.25) is 0 Å². The third-order valence-corrected chi connectivity index (χ3v) is 2.49. The molecule has 0 aliphatic rings. The van der Waals surface area contributed by atoms with E-state index in [0.29, 0.717) is 0 Å². The van der Waals surface area contributed by atoms with E-state index in [9.17, 15) is 15.0 Å². The number of hydrogen-bond acceptors (Lipinski definition) is 5. The number of aromatic carboxylic acids is 1. The van der Waals surface area contributed by atoms with E-state index in [-0.39, 0.29) is 23.4 Å². The number of rotatable bonds is 6. The predicted molar refractivity (Wildman–Crippen MR) is 64.9 cm³/mol. The van der Waals surface area contributed by atoms with Crippen LogP contribution in [0.25, 0.3) is 10.4 Å². The van der Waals surface area contributed by atoms with Gasteiger partial charge in [0.2, 0.25) is 0 Å². The van der Waals surface area contributed by atoms with Crippen molar-refractivity contribution < 1.29 is 24.9 Å². The minimum atomic E-state index is -1.35. The summed E-state index contributed by atoms with van der Waals surface area (Å²) < 4.78 is 4.88. The molecule has 1 aromatic rings. The topological polar surface area (TPSA) is 136 Å². The Hall–Kier alpha value is -2.28. The summed E-state index contributed by atoms with van der Waals surface area (Å²) in [6.07, 6.45) is -2.67. The molecule has 0 heterocycles. The number of aliphatic hydroxyl groups is 2. The zero-order valence-electron chi connectivity index (χ0n) is 10.1. The van der Waals surface area contributed by atoms with Crippen LogP contribution in [0.15, 0.2) is 23.3 Å². The number of nitrogens with zero attached hydrogens (tertiary/aromatic N) is 3. The van der Waals surface area contributed by atoms with Crippen molar-refractivity contribution in [3.8, 4) is 5.75 Å². The predicted octanol–water partition coefficient (Wildman–Crippen LogP) is 1.10. The van der Waals surface area contributed by atoms with E-state index < -0.39 is 18.2 Å². The summed E-state index contributed by atoms with van der Waals surface area (Å²) in [4.78, 5) is 13.5. The number of aliphatic hydroxyl groups excluding tert-OH is 2. The number of benzene rings is 1. The Morgan fingerprint density at radius 3 is 2.74 bits per heavy atom. The number of carboxylic acids is 1. The third kappa shape index (κ3) is 3.59. The molecule has 0 saturated carbocycles. The number of ether oxygens (including phenoxy) is 1. The van der Waals surface area contributed by atoms with Gasteiger partial charge >= 0.3 is 5.97 Å². The van der Waals surface area contributed by atoms with Crippen LogP contribution in [0.4, 0.5) is 0 Å². The maximum atomic E-state index is 11.0. The van der Waals surface area contributed by atoms with Gasteiger partial charge in [-0.05, 0) is 23.2 Å². The molecule has 8 nitrogen and oxygen atoms in total. The molecule has 0 saturated heterocycles. The lowest BCUT2D eigenvalue weighted by Gasteiger charge is -2.17. The highest BCUT2D eigenvalue weighted by Gasteiger charge is 2.20. The molecule has 1 aromatic carbocycles. The summed E-state index contributed by atoms with van der Waals surface area (Å²) in [5.74, 6) is -1.07. The van der Waals surface area contributed by atoms with Gasteiger partial charge in [0.15, 0.2) is 0 Å². The average Bonchev–Trinajstić information content (AvgIpc) is 2.42. The first-order chi connectivity index (χ1) is 9.01. The molecular weight excluding hydrogens is 254 g/mol. The molecule has 1 rings (SSSR count). The lowest BCUT2D eigenvalue weighted by atomic mass is 10.0. The monoisotopic (exact) mass is 267 g/mol. The van der Waals surface area contributed by atoms with Crippen molar-refractivity contribution in [1.29, 1.82) is 0 Å². The van der Waals surface area contributed by atoms with Gasteiger partial charge in [0.05, 0.1) is 19.8 Å². The second-order valence-corrected chi connectivity index (χ2v) is 3.69. The molecule has 2 atom stereocenters. The number of carboxylic acid groups (broad SMARTS) is 1. The Kier molecular flexibility index (Phi) is 5.13. The summed E-state index contributed by atoms with van der Waals surface area (Å²) in [6.45, 7) is -0.313. The van der Waals surface area contributed by atoms with Crippen molar-refractivity contribution in [2.75, 3.05) is 13.7 Å². The standard InChI is InChI=1S/C11H13N3O5/c1-19-9-3-2-6(4-7(9)11(17)18)10(16)8(15)5-13-14-12/h2-4,8,10,15-16H,5H2,1H3,(H,17,18). The molecule has 0 spiro atoms. The average molecular weight is 267 g/mol. The Labute approximate surface area is 108 Å². The fraction of sp³-hybridized carbons (Fsp3) is 0.364. The molecule has 0 aliphatic carbocycles. The fourth-order valence-corrected chi connectivity index (χ4v) is 1.52. The Bertz CT molecular complexity index is 513. The first kappa shape index (κ1) is 14.8. The van der Waals surface area contributed by atoms with Gasteiger partial charge in [-0.25, -0.2) is 4.79 Å². The summed E-state index contributed by atoms with van der Waals surface area (Å²) in [5.41, 5.74) is 8.19. The van der Waals surface area contributed by atoms with Gasteiger partial charge in [-0.1, -0.05) is 11.2 Å². The molecule has 3 N–H and O–H groups in total. The second-order valence-electron chi connectivity index (χ2n) is 3.69. The van der Waals surface area contributed by atoms with Crippen LogP contribution in [0, 0.1) is 0 Å². The van der Waals surface area contributed by atoms with Crippen molar-refractivity contribution in [3.63, 3.8) is 0 Å². The zero-order chi connectivity index (χ0) is 14.4. The minimum absolute atomic E-state index is 0.130. The molecular formula is C11H13N3O5. The van der Waals surface area contributed by atoms with E-state index in [2.05, 4.69) is 10.0 Å². The van der Waals surface area contributed by atoms with E-state index in [1.807, 2.05) is 0 Å². The summed E-state index contributed by atoms with van der Waals surface area (Å²) in [6, 6.07) is 4.00. The van der Waals surface area contributed by atoms with Gasteiger partial charge in [-0.2, -0.15) is 0 Å². The van der Waals surface area contributed by atoms with Gasteiger partial charge in [0.25, 0.3) is 0 Å². The van der Waals surface area contributed by atoms with E-state index >= 15 is 0 Å². The highest BCUT2D eigenvalue weighted by atomic mass is 16.5. The quantitative estimate of drug-likeness (QED) is 0.402. The van der Waals surface area contributed by atoms with Crippen LogP contribution in [0.1, 0.15) is 22.0 Å². The third-order valence-electron chi connectivity index (χ3n) is 2.49. The molecule has 0 fully saturated rings. The molecule has 0 amide bonds. The molecule has 2 unspecified atom stereocenters. The largest absolute Gasteiger partial charge is 0.496 e. The van der Waals surface area contributed by atoms with Crippen molar-refractivity contribution in [1.82, 2.24) is 0 Å². The Morgan fingerprint density at radius 2 is 2.21 bits per heavy atom. The summed E-state index contributed by atoms with van der Waals surface area (Å²) in [5, 5.41) is 31.5. The lowest BCUT2D eigenvalue weighted by molar-refractivity contribution is 0.0243. The highest BCUT2D eigenvalue weighted by molar-refractivity contribution is 5.91. The van der Waals surface area contributed by atoms with Gasteiger partial charge in [-0.15, -0.1) is 0 Å². The number of hydrogen-bond donors (Lipinski definition) is 3. The molecule has 0 radical (unpaired) electrons. The van der Waals surface area contributed by atoms with Crippen LogP contribution < -0.4 is 4.74 Å². The van der Waals surface area contributed by atoms with E-state index in [1.165, 1.54) is 25.3 Å². The first-order valence-corrected chi connectivity index (χ1v) is 5.29. The smallest absolute Gasteiger partial charge is 0.339 e. The van der Waals surface area contributed by atoms with E-state index in [4.69, 9.17) is 15.4 Å². The number of methoxy groups -OCH3 is 1. The van der Waals surface area contributed by atoms with Crippen molar-refractivity contribution in [3.05, 3.63) is 39.8 Å². The fourth-order valence-electron chi connectivity index (χ4n) is 1.52. The van der Waals surface area contributed by atoms with Crippen LogP contribution in [-0.4, -0.2) is 41.0 Å². The van der Waals surface area contributed by atoms with Crippen molar-refractivity contribution in [2.24, 2.45) is 5.11 Å². The van der Waals surface area contributed by atoms with Gasteiger partial charge in [0, 0.05) is 4.91 Å². The molecule has 19 heavy (non-hydrogen) atoms. The minimum Gasteiger partial charge on any atom is -0.496 e. The van der Waals surface area contributed by atoms with Crippen molar-refractivity contribution >= 4 is 5.97 Å². The number of azide groups is 1. The lowest BCUT2D eigenvalue weighted by Crippen LogP contribution is -2.21. The van der Waals surface area contributed by atoms with Crippen LogP contribution in [0.3, 0.4) is 0 Å². The molecule has 8 heteroatoms. The maximum absolute atomic E-state index is 11.0. The summed E-state index contributed by atoms with van der Waals surface area (Å²) in [7, 11) is 1.33. The number of carbonyl (C=O) groups is 1. The first-order valence-electron chi connectivity index (χ1n) is 5.29. The molecule has 0 bridgehead atoms. The second kappa shape index (κ2) is 6.60. The molecule has 102 valence electrons. The molecule has 0 aromatic heterocycles. The van der Waals surface area contributed by atoms with Crippen LogP contribution in [0.5, 0.6) is 5.75 Å². The summed E-state index contributed by atoms with van der Waals surface area (Å²) >= 11 is 0.